The molecule has 4 aromatic carbocycles. The number of aldehydes is 1. The Kier molecular flexibility index (Phi) is 10.6. The molecule has 0 aliphatic rings. The summed E-state index contributed by atoms with van der Waals surface area (Å²) >= 11 is 6.61. The molecule has 3 N–H and O–H groups in total. The number of halogens is 2. The third-order valence-corrected chi connectivity index (χ3v) is 6.99. The molecule has 0 amide bonds. The topological polar surface area (TPSA) is 103 Å². The molecule has 0 radical (unpaired) electrons. The van der Waals surface area contributed by atoms with E-state index >= 15 is 4.39 Å². The molecule has 0 saturated carbocycles. The second kappa shape index (κ2) is 14.6. The molecular weight excluding hydrogens is 557 g/mol. The first-order valence-corrected chi connectivity index (χ1v) is 14.0. The number of nitrogen functional groups attached to an aromatic ring is 1. The second-order valence-corrected chi connectivity index (χ2v) is 10.8. The molecule has 0 fully saturated rings. The van der Waals surface area contributed by atoms with Crippen LogP contribution in [-0.2, 0) is 24.6 Å². The van der Waals surface area contributed by atoms with Crippen molar-refractivity contribution in [2.75, 3.05) is 5.73 Å². The Morgan fingerprint density at radius 3 is 2.40 bits per heavy atom. The average molecular weight is 590 g/mol. The van der Waals surface area contributed by atoms with Crippen LogP contribution in [0.5, 0.6) is 11.5 Å². The first kappa shape index (κ1) is 30.7. The Morgan fingerprint density at radius 1 is 0.952 bits per heavy atom. The van der Waals surface area contributed by atoms with Gasteiger partial charge in [0, 0.05) is 29.3 Å². The Labute approximate surface area is 249 Å². The lowest BCUT2D eigenvalue weighted by atomic mass is 10.0. The SMILES string of the molecule is CC(C)CC(C=O)NCc1cc(Cl)c(OCc2cccc(-c3ccccc3)c2F)cc1OCc1ccc(N=O)c(N)c1. The third-order valence-electron chi connectivity index (χ3n) is 6.69. The summed E-state index contributed by atoms with van der Waals surface area (Å²) in [5, 5.41) is 6.46. The summed E-state index contributed by atoms with van der Waals surface area (Å²) in [6.07, 6.45) is 1.57. The molecule has 0 aliphatic carbocycles. The highest BCUT2D eigenvalue weighted by Gasteiger charge is 2.17. The van der Waals surface area contributed by atoms with Crippen molar-refractivity contribution in [2.24, 2.45) is 11.1 Å². The quantitative estimate of drug-likeness (QED) is 0.0877. The predicted octanol–water partition coefficient (Wildman–Crippen LogP) is 7.99. The van der Waals surface area contributed by atoms with E-state index in [1.165, 1.54) is 6.07 Å². The number of nitrogens with zero attached hydrogens (tertiary/aromatic N) is 1. The molecule has 9 heteroatoms. The molecule has 1 atom stereocenters. The maximum absolute atomic E-state index is 15.4. The van der Waals surface area contributed by atoms with E-state index in [4.69, 9.17) is 26.8 Å². The average Bonchev–Trinajstić information content (AvgIpc) is 2.99. The number of rotatable bonds is 14. The lowest BCUT2D eigenvalue weighted by Gasteiger charge is -2.19. The normalized spacial score (nSPS) is 11.7. The summed E-state index contributed by atoms with van der Waals surface area (Å²) in [4.78, 5) is 22.5. The molecule has 0 heterocycles. The number of ether oxygens (including phenoxy) is 2. The zero-order valence-electron chi connectivity index (χ0n) is 23.5. The molecule has 0 spiro atoms. The number of carbonyl (C=O) groups excluding carboxylic acids is 1. The molecule has 0 aromatic heterocycles. The summed E-state index contributed by atoms with van der Waals surface area (Å²) in [5.74, 6) is 0.741. The van der Waals surface area contributed by atoms with Gasteiger partial charge in [0.25, 0.3) is 0 Å². The first-order chi connectivity index (χ1) is 20.3. The second-order valence-electron chi connectivity index (χ2n) is 10.3. The lowest BCUT2D eigenvalue weighted by Crippen LogP contribution is -2.31. The van der Waals surface area contributed by atoms with E-state index in [1.807, 2.05) is 44.2 Å². The largest absolute Gasteiger partial charge is 0.488 e. The lowest BCUT2D eigenvalue weighted by molar-refractivity contribution is -0.109. The van der Waals surface area contributed by atoms with Gasteiger partial charge in [-0.25, -0.2) is 4.39 Å². The van der Waals surface area contributed by atoms with Gasteiger partial charge in [0.05, 0.1) is 16.8 Å². The number of benzene rings is 4. The highest BCUT2D eigenvalue weighted by atomic mass is 35.5. The summed E-state index contributed by atoms with van der Waals surface area (Å²) in [6.45, 7) is 4.49. The Bertz CT molecular complexity index is 1530. The number of nitrogens with two attached hydrogens (primary N) is 1. The van der Waals surface area contributed by atoms with Crippen molar-refractivity contribution in [3.8, 4) is 22.6 Å². The fraction of sp³-hybridized carbons (Fsp3) is 0.242. The van der Waals surface area contributed by atoms with E-state index in [1.54, 1.807) is 42.5 Å². The maximum Gasteiger partial charge on any atom is 0.142 e. The molecule has 0 saturated heterocycles. The van der Waals surface area contributed by atoms with Crippen LogP contribution in [0.15, 0.2) is 84.0 Å². The van der Waals surface area contributed by atoms with Gasteiger partial charge in [-0.2, -0.15) is 0 Å². The zero-order chi connectivity index (χ0) is 30.1. The van der Waals surface area contributed by atoms with Crippen LogP contribution in [0.3, 0.4) is 0 Å². The minimum absolute atomic E-state index is 0.0540. The van der Waals surface area contributed by atoms with Crippen molar-refractivity contribution in [3.63, 3.8) is 0 Å². The molecule has 0 aliphatic heterocycles. The fourth-order valence-electron chi connectivity index (χ4n) is 4.52. The summed E-state index contributed by atoms with van der Waals surface area (Å²) in [7, 11) is 0. The van der Waals surface area contributed by atoms with Gasteiger partial charge >= 0.3 is 0 Å². The van der Waals surface area contributed by atoms with E-state index in [-0.39, 0.29) is 36.4 Å². The maximum atomic E-state index is 15.4. The number of carbonyl (C=O) groups is 1. The summed E-state index contributed by atoms with van der Waals surface area (Å²) < 4.78 is 27.5. The Balaban J connectivity index is 1.57. The van der Waals surface area contributed by atoms with Crippen LogP contribution in [-0.4, -0.2) is 12.3 Å². The molecule has 0 bridgehead atoms. The van der Waals surface area contributed by atoms with Crippen LogP contribution in [0.4, 0.5) is 15.8 Å². The van der Waals surface area contributed by atoms with Crippen LogP contribution in [0.2, 0.25) is 5.02 Å². The van der Waals surface area contributed by atoms with Gasteiger partial charge in [0.15, 0.2) is 0 Å². The summed E-state index contributed by atoms with van der Waals surface area (Å²) in [5.41, 5.74) is 9.36. The van der Waals surface area contributed by atoms with E-state index in [0.717, 1.165) is 17.4 Å². The summed E-state index contributed by atoms with van der Waals surface area (Å²) in [6, 6.07) is 22.4. The standard InChI is InChI=1S/C33H33ClFN3O4/c1-21(2)13-26(18-39)37-17-25-15-28(34)32(16-31(25)41-19-22-11-12-30(38-40)29(36)14-22)42-20-24-9-6-10-27(33(24)35)23-7-4-3-5-8-23/h3-12,14-16,18,21,26,37H,13,17,19-20,36H2,1-2H3. The monoisotopic (exact) mass is 589 g/mol. The van der Waals surface area contributed by atoms with Gasteiger partial charge < -0.3 is 25.3 Å². The first-order valence-electron chi connectivity index (χ1n) is 13.6. The molecule has 42 heavy (non-hydrogen) atoms. The van der Waals surface area contributed by atoms with Crippen molar-refractivity contribution in [2.45, 2.75) is 46.1 Å². The van der Waals surface area contributed by atoms with Gasteiger partial charge in [-0.15, -0.1) is 4.91 Å². The van der Waals surface area contributed by atoms with E-state index in [9.17, 15) is 9.70 Å². The molecular formula is C33H33ClFN3O4. The number of anilines is 1. The Hall–Kier alpha value is -4.27. The fourth-order valence-corrected chi connectivity index (χ4v) is 4.76. The molecule has 218 valence electrons. The highest BCUT2D eigenvalue weighted by Crippen LogP contribution is 2.35. The number of nitrogens with one attached hydrogen (secondary N) is 1. The van der Waals surface area contributed by atoms with E-state index < -0.39 is 0 Å². The zero-order valence-corrected chi connectivity index (χ0v) is 24.2. The van der Waals surface area contributed by atoms with Crippen LogP contribution in [0.25, 0.3) is 11.1 Å². The van der Waals surface area contributed by atoms with Crippen molar-refractivity contribution < 1.29 is 18.7 Å². The van der Waals surface area contributed by atoms with Gasteiger partial charge in [-0.3, -0.25) is 0 Å². The molecule has 1 unspecified atom stereocenters. The van der Waals surface area contributed by atoms with Gasteiger partial charge in [0.1, 0.15) is 42.5 Å². The van der Waals surface area contributed by atoms with Crippen LogP contribution in [0.1, 0.15) is 37.0 Å². The van der Waals surface area contributed by atoms with Crippen molar-refractivity contribution in [3.05, 3.63) is 111 Å². The number of hydrogen-bond acceptors (Lipinski definition) is 7. The van der Waals surface area contributed by atoms with Gasteiger partial charge in [-0.05, 0) is 46.8 Å². The van der Waals surface area contributed by atoms with Crippen LogP contribution >= 0.6 is 11.6 Å². The van der Waals surface area contributed by atoms with Crippen molar-refractivity contribution in [1.29, 1.82) is 0 Å². The van der Waals surface area contributed by atoms with Crippen LogP contribution < -0.4 is 20.5 Å². The number of hydrogen-bond donors (Lipinski definition) is 2. The van der Waals surface area contributed by atoms with E-state index in [2.05, 4.69) is 10.5 Å². The van der Waals surface area contributed by atoms with Crippen molar-refractivity contribution in [1.82, 2.24) is 5.32 Å². The third kappa shape index (κ3) is 7.93. The minimum atomic E-state index is -0.368. The Morgan fingerprint density at radius 2 is 1.71 bits per heavy atom. The molecule has 4 aromatic rings. The van der Waals surface area contributed by atoms with E-state index in [0.29, 0.717) is 52.1 Å². The number of nitroso groups, excluding NO2 is 1. The minimum Gasteiger partial charge on any atom is -0.488 e. The predicted molar refractivity (Wildman–Crippen MR) is 164 cm³/mol. The van der Waals surface area contributed by atoms with Crippen molar-refractivity contribution >= 4 is 29.3 Å². The van der Waals surface area contributed by atoms with Gasteiger partial charge in [-0.1, -0.05) is 80.0 Å². The molecule has 7 nitrogen and oxygen atoms in total. The molecule has 4 rings (SSSR count). The highest BCUT2D eigenvalue weighted by molar-refractivity contribution is 6.32. The van der Waals surface area contributed by atoms with Crippen LogP contribution in [0, 0.1) is 16.6 Å². The van der Waals surface area contributed by atoms with Gasteiger partial charge in [0.2, 0.25) is 0 Å². The smallest absolute Gasteiger partial charge is 0.142 e.